The average molecular weight is 252 g/mol. The van der Waals surface area contributed by atoms with E-state index in [-0.39, 0.29) is 18.3 Å². The molecule has 0 bridgehead atoms. The van der Waals surface area contributed by atoms with Crippen molar-refractivity contribution in [1.29, 1.82) is 0 Å². The van der Waals surface area contributed by atoms with Gasteiger partial charge in [-0.1, -0.05) is 26.2 Å². The number of hydrogen-bond donors (Lipinski definition) is 1. The molecular formula is C14H20O4. The second-order valence-corrected chi connectivity index (χ2v) is 4.94. The number of aromatic carboxylic acids is 1. The molecule has 0 aliphatic heterocycles. The quantitative estimate of drug-likeness (QED) is 0.871. The molecule has 18 heavy (non-hydrogen) atoms. The minimum absolute atomic E-state index is 0.206. The SMILES string of the molecule is CCC1CCCC(OCc2occc2C(=O)O)C1. The van der Waals surface area contributed by atoms with Gasteiger partial charge in [0.2, 0.25) is 0 Å². The third-order valence-corrected chi connectivity index (χ3v) is 3.74. The Balaban J connectivity index is 1.87. The predicted molar refractivity (Wildman–Crippen MR) is 66.5 cm³/mol. The third-order valence-electron chi connectivity index (χ3n) is 3.74. The van der Waals surface area contributed by atoms with Crippen molar-refractivity contribution >= 4 is 5.97 Å². The minimum Gasteiger partial charge on any atom is -0.478 e. The van der Waals surface area contributed by atoms with Crippen LogP contribution < -0.4 is 0 Å². The van der Waals surface area contributed by atoms with Crippen LogP contribution in [0.3, 0.4) is 0 Å². The molecule has 0 spiro atoms. The van der Waals surface area contributed by atoms with Crippen LogP contribution in [0, 0.1) is 5.92 Å². The largest absolute Gasteiger partial charge is 0.478 e. The van der Waals surface area contributed by atoms with E-state index in [1.807, 2.05) is 0 Å². The molecule has 0 radical (unpaired) electrons. The van der Waals surface area contributed by atoms with Crippen LogP contribution in [-0.4, -0.2) is 17.2 Å². The van der Waals surface area contributed by atoms with Crippen LogP contribution in [0.2, 0.25) is 0 Å². The van der Waals surface area contributed by atoms with Gasteiger partial charge in [-0.3, -0.25) is 0 Å². The number of ether oxygens (including phenoxy) is 1. The molecule has 1 aliphatic rings. The van der Waals surface area contributed by atoms with Gasteiger partial charge in [0.25, 0.3) is 0 Å². The summed E-state index contributed by atoms with van der Waals surface area (Å²) in [5.41, 5.74) is 0.206. The smallest absolute Gasteiger partial charge is 0.339 e. The number of rotatable bonds is 5. The Bertz CT molecular complexity index is 396. The van der Waals surface area contributed by atoms with Gasteiger partial charge in [-0.2, -0.15) is 0 Å². The molecule has 4 nitrogen and oxygen atoms in total. The van der Waals surface area contributed by atoms with E-state index in [2.05, 4.69) is 6.92 Å². The fourth-order valence-electron chi connectivity index (χ4n) is 2.60. The van der Waals surface area contributed by atoms with Crippen LogP contribution in [0.15, 0.2) is 16.7 Å². The second kappa shape index (κ2) is 6.05. The van der Waals surface area contributed by atoms with E-state index in [1.54, 1.807) is 0 Å². The highest BCUT2D eigenvalue weighted by Gasteiger charge is 2.22. The van der Waals surface area contributed by atoms with Crippen molar-refractivity contribution in [2.75, 3.05) is 0 Å². The number of carboxylic acids is 1. The highest BCUT2D eigenvalue weighted by Crippen LogP contribution is 2.29. The van der Waals surface area contributed by atoms with Gasteiger partial charge in [0.05, 0.1) is 12.4 Å². The molecule has 1 aromatic heterocycles. The normalized spacial score (nSPS) is 24.1. The summed E-state index contributed by atoms with van der Waals surface area (Å²) in [4.78, 5) is 10.9. The first-order valence-electron chi connectivity index (χ1n) is 6.62. The van der Waals surface area contributed by atoms with E-state index >= 15 is 0 Å². The van der Waals surface area contributed by atoms with Crippen LogP contribution in [0.25, 0.3) is 0 Å². The zero-order valence-electron chi connectivity index (χ0n) is 10.7. The average Bonchev–Trinajstić information content (AvgIpc) is 2.85. The van der Waals surface area contributed by atoms with E-state index in [4.69, 9.17) is 14.3 Å². The standard InChI is InChI=1S/C14H20O4/c1-2-10-4-3-5-11(8-10)18-9-13-12(14(15)16)6-7-17-13/h6-7,10-11H,2-5,8-9H2,1H3,(H,15,16). The van der Waals surface area contributed by atoms with Crippen molar-refractivity contribution in [2.45, 2.75) is 51.7 Å². The molecule has 0 aromatic carbocycles. The van der Waals surface area contributed by atoms with Crippen LogP contribution in [-0.2, 0) is 11.3 Å². The van der Waals surface area contributed by atoms with Crippen molar-refractivity contribution in [1.82, 2.24) is 0 Å². The molecule has 1 aliphatic carbocycles. The Kier molecular flexibility index (Phi) is 4.42. The summed E-state index contributed by atoms with van der Waals surface area (Å²) in [6.45, 7) is 2.47. The maximum atomic E-state index is 10.9. The van der Waals surface area contributed by atoms with E-state index in [0.29, 0.717) is 5.76 Å². The topological polar surface area (TPSA) is 59.7 Å². The van der Waals surface area contributed by atoms with Crippen LogP contribution >= 0.6 is 0 Å². The first kappa shape index (κ1) is 13.1. The summed E-state index contributed by atoms with van der Waals surface area (Å²) >= 11 is 0. The Hall–Kier alpha value is -1.29. The monoisotopic (exact) mass is 252 g/mol. The summed E-state index contributed by atoms with van der Waals surface area (Å²) in [5, 5.41) is 8.96. The summed E-state index contributed by atoms with van der Waals surface area (Å²) in [7, 11) is 0. The van der Waals surface area contributed by atoms with E-state index < -0.39 is 5.97 Å². The molecule has 100 valence electrons. The van der Waals surface area contributed by atoms with Gasteiger partial charge >= 0.3 is 5.97 Å². The van der Waals surface area contributed by atoms with Gasteiger partial charge < -0.3 is 14.3 Å². The summed E-state index contributed by atoms with van der Waals surface area (Å²) in [6, 6.07) is 1.47. The lowest BCUT2D eigenvalue weighted by molar-refractivity contribution is -0.00591. The Labute approximate surface area is 107 Å². The Morgan fingerprint density at radius 2 is 2.39 bits per heavy atom. The molecule has 1 saturated carbocycles. The van der Waals surface area contributed by atoms with Crippen LogP contribution in [0.1, 0.15) is 55.1 Å². The first-order valence-corrected chi connectivity index (χ1v) is 6.62. The molecule has 1 fully saturated rings. The predicted octanol–water partition coefficient (Wildman–Crippen LogP) is 3.46. The van der Waals surface area contributed by atoms with Crippen molar-refractivity contribution in [3.8, 4) is 0 Å². The number of furan rings is 1. The zero-order valence-corrected chi connectivity index (χ0v) is 10.7. The highest BCUT2D eigenvalue weighted by molar-refractivity contribution is 5.88. The molecule has 2 unspecified atom stereocenters. The molecule has 1 heterocycles. The molecule has 2 rings (SSSR count). The number of carbonyl (C=O) groups is 1. The maximum absolute atomic E-state index is 10.9. The van der Waals surface area contributed by atoms with Crippen molar-refractivity contribution in [3.05, 3.63) is 23.7 Å². The summed E-state index contributed by atoms with van der Waals surface area (Å²) in [5.74, 6) is 0.206. The van der Waals surface area contributed by atoms with Gasteiger partial charge in [-0.15, -0.1) is 0 Å². The van der Waals surface area contributed by atoms with Gasteiger partial charge in [0.1, 0.15) is 17.9 Å². The lowest BCUT2D eigenvalue weighted by Gasteiger charge is -2.28. The summed E-state index contributed by atoms with van der Waals surface area (Å²) < 4.78 is 11.0. The van der Waals surface area contributed by atoms with Crippen molar-refractivity contribution < 1.29 is 19.1 Å². The lowest BCUT2D eigenvalue weighted by Crippen LogP contribution is -2.22. The van der Waals surface area contributed by atoms with Gasteiger partial charge in [0.15, 0.2) is 0 Å². The molecule has 0 saturated heterocycles. The minimum atomic E-state index is -0.961. The van der Waals surface area contributed by atoms with Gasteiger partial charge in [-0.05, 0) is 24.8 Å². The number of hydrogen-bond acceptors (Lipinski definition) is 3. The fraction of sp³-hybridized carbons (Fsp3) is 0.643. The molecule has 1 N–H and O–H groups in total. The molecule has 1 aromatic rings. The van der Waals surface area contributed by atoms with Crippen molar-refractivity contribution in [3.63, 3.8) is 0 Å². The van der Waals surface area contributed by atoms with Gasteiger partial charge in [0, 0.05) is 0 Å². The van der Waals surface area contributed by atoms with Gasteiger partial charge in [-0.25, -0.2) is 4.79 Å². The molecular weight excluding hydrogens is 232 g/mol. The van der Waals surface area contributed by atoms with Crippen LogP contribution in [0.4, 0.5) is 0 Å². The first-order chi connectivity index (χ1) is 8.70. The third kappa shape index (κ3) is 3.13. The highest BCUT2D eigenvalue weighted by atomic mass is 16.5. The fourth-order valence-corrected chi connectivity index (χ4v) is 2.60. The molecule has 0 amide bonds. The maximum Gasteiger partial charge on any atom is 0.339 e. The number of carboxylic acid groups (broad SMARTS) is 1. The molecule has 4 heteroatoms. The Morgan fingerprint density at radius 1 is 1.56 bits per heavy atom. The van der Waals surface area contributed by atoms with Crippen molar-refractivity contribution in [2.24, 2.45) is 5.92 Å². The molecule has 2 atom stereocenters. The zero-order chi connectivity index (χ0) is 13.0. The van der Waals surface area contributed by atoms with E-state index in [1.165, 1.54) is 31.6 Å². The van der Waals surface area contributed by atoms with E-state index in [0.717, 1.165) is 18.8 Å². The van der Waals surface area contributed by atoms with E-state index in [9.17, 15) is 4.79 Å². The Morgan fingerprint density at radius 3 is 3.11 bits per heavy atom. The summed E-state index contributed by atoms with van der Waals surface area (Å²) in [6.07, 6.45) is 7.48. The second-order valence-electron chi connectivity index (χ2n) is 4.94. The lowest BCUT2D eigenvalue weighted by atomic mass is 9.85. The van der Waals surface area contributed by atoms with Crippen LogP contribution in [0.5, 0.6) is 0 Å².